The van der Waals surface area contributed by atoms with Crippen LogP contribution in [0.4, 0.5) is 0 Å². The zero-order valence-corrected chi connectivity index (χ0v) is 26.4. The van der Waals surface area contributed by atoms with Gasteiger partial charge >= 0.3 is 11.9 Å². The largest absolute Gasteiger partial charge is 1.00 e. The number of carbonyl (C=O) groups excluding carboxylic acids is 2. The minimum Gasteiger partial charge on any atom is -1.00 e. The van der Waals surface area contributed by atoms with Crippen LogP contribution in [0.1, 0.15) is 129 Å². The third-order valence-electron chi connectivity index (χ3n) is 8.45. The number of halogens is 2. The van der Waals surface area contributed by atoms with Crippen molar-refractivity contribution in [3.63, 3.8) is 0 Å². The number of esters is 2. The fraction of sp³-hybridized carbons (Fsp3) is 0.929. The number of rotatable bonds is 0. The van der Waals surface area contributed by atoms with Gasteiger partial charge in [-0.15, -0.1) is 0 Å². The highest BCUT2D eigenvalue weighted by molar-refractivity contribution is 5.69. The van der Waals surface area contributed by atoms with Crippen LogP contribution in [0.2, 0.25) is 0 Å². The summed E-state index contributed by atoms with van der Waals surface area (Å²) >= 11 is 0. The zero-order valence-electron chi connectivity index (χ0n) is 23.2. The average Bonchev–Trinajstić information content (AvgIpc) is 2.80. The minimum atomic E-state index is 0. The maximum Gasteiger partial charge on any atom is 0.306 e. The Kier molecular flexibility index (Phi) is 20.5. The Bertz CT molecular complexity index is 575. The molecule has 0 spiro atoms. The maximum atomic E-state index is 12.3. The number of carbonyl (C=O) groups is 2. The first-order valence-electron chi connectivity index (χ1n) is 14.6. The van der Waals surface area contributed by atoms with Crippen molar-refractivity contribution in [1.29, 1.82) is 0 Å². The summed E-state index contributed by atoms with van der Waals surface area (Å²) in [7, 11) is 0. The Morgan fingerprint density at radius 2 is 0.892 bits per heavy atom. The van der Waals surface area contributed by atoms with Crippen molar-refractivity contribution < 1.29 is 69.1 Å². The standard InChI is InChI=1S/C28H50N2O4.2BrH.H2O/c1-21-25-19-17-23(29-21)13-9-5-3-8-12-16-28(32)34-26-20-18-24(30-22(26)2)14-10-6-4-7-11-15-27(31)33-25;;;/h21-26,29-30H,3-20H2,1-2H3;2*1H;1H2/t21-,22-,23+,24+,25-,26-;;;/m0.../s1. The molecule has 6 rings (SSSR count). The molecule has 0 aromatic carbocycles. The van der Waals surface area contributed by atoms with Crippen molar-refractivity contribution >= 4 is 11.9 Å². The normalized spacial score (nSPS) is 33.6. The second-order valence-electron chi connectivity index (χ2n) is 11.4. The molecule has 6 heterocycles. The number of ether oxygens (including phenoxy) is 2. The quantitative estimate of drug-likeness (QED) is 0.266. The molecule has 0 unspecified atom stereocenters. The van der Waals surface area contributed by atoms with Crippen molar-refractivity contribution in [2.75, 3.05) is 0 Å². The summed E-state index contributed by atoms with van der Waals surface area (Å²) in [6, 6.07) is 2.05. The van der Waals surface area contributed by atoms with Crippen molar-refractivity contribution in [3.05, 3.63) is 0 Å². The predicted molar refractivity (Wildman–Crippen MR) is 137 cm³/mol. The lowest BCUT2D eigenvalue weighted by atomic mass is 9.92. The molecule has 0 aromatic heterocycles. The van der Waals surface area contributed by atoms with Crippen molar-refractivity contribution in [2.24, 2.45) is 0 Å². The fourth-order valence-electron chi connectivity index (χ4n) is 6.26. The monoisotopic (exact) mass is 656 g/mol. The van der Waals surface area contributed by atoms with Crippen LogP contribution >= 0.6 is 0 Å². The van der Waals surface area contributed by atoms with E-state index in [0.29, 0.717) is 37.0 Å². The average molecular weight is 659 g/mol. The fourth-order valence-corrected chi connectivity index (χ4v) is 6.26. The molecule has 0 aliphatic carbocycles. The first-order valence-corrected chi connectivity index (χ1v) is 14.6. The van der Waals surface area contributed by atoms with Crippen LogP contribution in [0.15, 0.2) is 0 Å². The van der Waals surface area contributed by atoms with Gasteiger partial charge < -0.3 is 59.5 Å². The van der Waals surface area contributed by atoms with Crippen LogP contribution in [0.5, 0.6) is 0 Å². The van der Waals surface area contributed by atoms with E-state index in [9.17, 15) is 9.59 Å². The molecule has 6 aliphatic rings. The minimum absolute atomic E-state index is 0. The topological polar surface area (TPSA) is 117 Å². The Morgan fingerprint density at radius 1 is 0.541 bits per heavy atom. The number of nitrogens with two attached hydrogens (primary N) is 2. The van der Waals surface area contributed by atoms with Gasteiger partial charge in [0, 0.05) is 25.7 Å². The summed E-state index contributed by atoms with van der Waals surface area (Å²) in [5.74, 6) is 0.0115. The van der Waals surface area contributed by atoms with Gasteiger partial charge in [0.15, 0.2) is 12.2 Å². The molecular weight excluding hydrogens is 604 g/mol. The van der Waals surface area contributed by atoms with Crippen LogP contribution in [-0.4, -0.2) is 53.8 Å². The van der Waals surface area contributed by atoms with Gasteiger partial charge in [0.1, 0.15) is 12.1 Å². The maximum absolute atomic E-state index is 12.3. The first kappa shape index (κ1) is 36.8. The van der Waals surface area contributed by atoms with Gasteiger partial charge in [-0.2, -0.15) is 0 Å². The van der Waals surface area contributed by atoms with Crippen molar-refractivity contribution in [1.82, 2.24) is 0 Å². The van der Waals surface area contributed by atoms with E-state index in [1.54, 1.807) is 0 Å². The SMILES string of the molecule is C[C@@H]1[NH2+][C@@H]2CCCCCCCC(=O)O[C@H]3CC[C@@H](CCCCCCCC(=O)O[C@H]1CC2)[NH2+][C@H]3C.O.[Br-].[Br-]. The van der Waals surface area contributed by atoms with Gasteiger partial charge in [-0.25, -0.2) is 0 Å². The van der Waals surface area contributed by atoms with E-state index in [0.717, 1.165) is 51.4 Å². The molecule has 7 nitrogen and oxygen atoms in total. The summed E-state index contributed by atoms with van der Waals surface area (Å²) in [6.45, 7) is 4.42. The van der Waals surface area contributed by atoms with Crippen molar-refractivity contribution in [3.8, 4) is 0 Å². The molecular formula is C28H54Br2N2O5. The Balaban J connectivity index is 0.00000432. The van der Waals surface area contributed by atoms with E-state index >= 15 is 0 Å². The van der Waals surface area contributed by atoms with Crippen LogP contribution < -0.4 is 44.6 Å². The molecule has 0 radical (unpaired) electrons. The predicted octanol–water partition coefficient (Wildman–Crippen LogP) is -3.30. The molecule has 0 amide bonds. The van der Waals surface area contributed by atoms with Gasteiger partial charge in [0.05, 0.1) is 12.1 Å². The summed E-state index contributed by atoms with van der Waals surface area (Å²) in [6.07, 6.45) is 19.6. The smallest absolute Gasteiger partial charge is 0.306 e. The van der Waals surface area contributed by atoms with E-state index in [1.165, 1.54) is 51.4 Å². The number of hydrogen-bond acceptors (Lipinski definition) is 4. The summed E-state index contributed by atoms with van der Waals surface area (Å²) in [4.78, 5) is 24.7. The van der Waals surface area contributed by atoms with E-state index in [1.807, 2.05) is 0 Å². The molecule has 220 valence electrons. The molecule has 4 bridgehead atoms. The number of hydrogen-bond donors (Lipinski definition) is 2. The highest BCUT2D eigenvalue weighted by Crippen LogP contribution is 2.19. The molecule has 6 fully saturated rings. The molecule has 0 saturated carbocycles. The highest BCUT2D eigenvalue weighted by atomic mass is 79.9. The van der Waals surface area contributed by atoms with E-state index in [2.05, 4.69) is 24.5 Å². The van der Waals surface area contributed by atoms with E-state index in [-0.39, 0.29) is 63.6 Å². The first-order chi connectivity index (χ1) is 16.5. The Morgan fingerprint density at radius 3 is 1.27 bits per heavy atom. The molecule has 6 N–H and O–H groups in total. The van der Waals surface area contributed by atoms with Gasteiger partial charge in [-0.05, 0) is 65.2 Å². The van der Waals surface area contributed by atoms with Crippen molar-refractivity contribution in [2.45, 2.75) is 166 Å². The van der Waals surface area contributed by atoms with Gasteiger partial charge in [0.2, 0.25) is 0 Å². The summed E-state index contributed by atoms with van der Waals surface area (Å²) < 4.78 is 11.7. The Labute approximate surface area is 246 Å². The second-order valence-corrected chi connectivity index (χ2v) is 11.4. The lowest BCUT2D eigenvalue weighted by Crippen LogP contribution is -3.00. The van der Waals surface area contributed by atoms with E-state index in [4.69, 9.17) is 9.47 Å². The molecule has 6 saturated heterocycles. The Hall–Kier alpha value is -0.220. The third kappa shape index (κ3) is 14.1. The molecule has 9 heteroatoms. The lowest BCUT2D eigenvalue weighted by molar-refractivity contribution is -0.734. The van der Waals surface area contributed by atoms with Crippen LogP contribution in [0.3, 0.4) is 0 Å². The van der Waals surface area contributed by atoms with E-state index < -0.39 is 0 Å². The lowest BCUT2D eigenvalue weighted by Gasteiger charge is -2.32. The van der Waals surface area contributed by atoms with Crippen LogP contribution in [0, 0.1) is 0 Å². The number of piperidine rings is 2. The highest BCUT2D eigenvalue weighted by Gasteiger charge is 2.33. The van der Waals surface area contributed by atoms with Crippen LogP contribution in [-0.2, 0) is 19.1 Å². The second kappa shape index (κ2) is 20.7. The number of quaternary nitrogens is 2. The summed E-state index contributed by atoms with van der Waals surface area (Å²) in [5.41, 5.74) is 0. The third-order valence-corrected chi connectivity index (χ3v) is 8.45. The molecule has 0 aromatic rings. The molecule has 37 heavy (non-hydrogen) atoms. The van der Waals surface area contributed by atoms with Gasteiger partial charge in [-0.3, -0.25) is 9.59 Å². The zero-order chi connectivity index (χ0) is 24.2. The molecule has 6 atom stereocenters. The molecule has 6 aliphatic heterocycles. The van der Waals surface area contributed by atoms with Crippen LogP contribution in [0.25, 0.3) is 0 Å². The van der Waals surface area contributed by atoms with Gasteiger partial charge in [0.25, 0.3) is 0 Å². The summed E-state index contributed by atoms with van der Waals surface area (Å²) in [5, 5.41) is 4.88. The van der Waals surface area contributed by atoms with Gasteiger partial charge in [-0.1, -0.05) is 38.5 Å².